The first-order chi connectivity index (χ1) is 10.8. The van der Waals surface area contributed by atoms with Gasteiger partial charge < -0.3 is 9.43 Å². The fourth-order valence-corrected chi connectivity index (χ4v) is 2.49. The molecule has 23 heavy (non-hydrogen) atoms. The fraction of sp³-hybridized carbons (Fsp3) is 0.294. The van der Waals surface area contributed by atoms with E-state index in [4.69, 9.17) is 4.42 Å². The average molecular weight is 322 g/mol. The zero-order chi connectivity index (χ0) is 16.6. The maximum atomic E-state index is 12.8. The first-order valence-electron chi connectivity index (χ1n) is 7.27. The number of benzene rings is 1. The molecular formula is C17H17F3N2O. The van der Waals surface area contributed by atoms with Crippen LogP contribution < -0.4 is 10.4 Å². The summed E-state index contributed by atoms with van der Waals surface area (Å²) in [6.45, 7) is 5.05. The van der Waals surface area contributed by atoms with E-state index in [0.29, 0.717) is 18.8 Å². The van der Waals surface area contributed by atoms with Crippen molar-refractivity contribution < 1.29 is 17.6 Å². The Bertz CT molecular complexity index is 747. The molecule has 1 fully saturated rings. The van der Waals surface area contributed by atoms with E-state index in [1.54, 1.807) is 17.3 Å². The monoisotopic (exact) mass is 322 g/mol. The topological polar surface area (TPSA) is 28.4 Å². The number of hydrazine groups is 1. The average Bonchev–Trinajstić information content (AvgIpc) is 3.09. The minimum atomic E-state index is -4.34. The summed E-state index contributed by atoms with van der Waals surface area (Å²) in [5.74, 6) is 0.796. The van der Waals surface area contributed by atoms with Gasteiger partial charge in [0.25, 0.3) is 0 Å². The van der Waals surface area contributed by atoms with Crippen LogP contribution >= 0.6 is 0 Å². The third-order valence-corrected chi connectivity index (χ3v) is 4.00. The lowest BCUT2D eigenvalue weighted by atomic mass is 10.1. The maximum absolute atomic E-state index is 12.8. The van der Waals surface area contributed by atoms with Gasteiger partial charge in [0.2, 0.25) is 0 Å². The number of rotatable bonds is 2. The molecule has 0 bridgehead atoms. The van der Waals surface area contributed by atoms with Crippen molar-refractivity contribution in [1.82, 2.24) is 5.43 Å². The van der Waals surface area contributed by atoms with Gasteiger partial charge in [-0.1, -0.05) is 6.07 Å². The third-order valence-electron chi connectivity index (χ3n) is 4.00. The maximum Gasteiger partial charge on any atom is 0.416 e. The van der Waals surface area contributed by atoms with Gasteiger partial charge in [-0.3, -0.25) is 0 Å². The van der Waals surface area contributed by atoms with E-state index in [2.05, 4.69) is 5.43 Å². The Kier molecular flexibility index (Phi) is 3.93. The predicted octanol–water partition coefficient (Wildman–Crippen LogP) is 4.32. The molecule has 1 aromatic heterocycles. The summed E-state index contributed by atoms with van der Waals surface area (Å²) in [5.41, 5.74) is 6.17. The van der Waals surface area contributed by atoms with Crippen LogP contribution in [0.25, 0.3) is 6.08 Å². The lowest BCUT2D eigenvalue weighted by molar-refractivity contribution is -0.137. The lowest BCUT2D eigenvalue weighted by Crippen LogP contribution is -2.30. The van der Waals surface area contributed by atoms with E-state index in [-0.39, 0.29) is 0 Å². The van der Waals surface area contributed by atoms with Crippen LogP contribution in [0.1, 0.15) is 22.5 Å². The standard InChI is InChI=1S/C17H17F3N2O/c1-11-10-23-16(12(11)2)6-13-8-21-22(9-13)15-5-3-4-14(7-15)17(18,19)20/h3-7,10,21H,8-9H2,1-2H3. The summed E-state index contributed by atoms with van der Waals surface area (Å²) in [5, 5.41) is 1.71. The van der Waals surface area contributed by atoms with Crippen molar-refractivity contribution in [3.8, 4) is 0 Å². The fourth-order valence-electron chi connectivity index (χ4n) is 2.49. The molecule has 0 radical (unpaired) electrons. The first kappa shape index (κ1) is 15.7. The van der Waals surface area contributed by atoms with E-state index < -0.39 is 11.7 Å². The SMILES string of the molecule is Cc1coc(C=C2CNN(c3cccc(C(F)(F)F)c3)C2)c1C. The Hall–Kier alpha value is -2.21. The number of hydrogen-bond acceptors (Lipinski definition) is 3. The van der Waals surface area contributed by atoms with Crippen LogP contribution in [0.3, 0.4) is 0 Å². The van der Waals surface area contributed by atoms with Crippen LogP contribution in [0.4, 0.5) is 18.9 Å². The van der Waals surface area contributed by atoms with Gasteiger partial charge in [-0.2, -0.15) is 13.2 Å². The third kappa shape index (κ3) is 3.27. The molecule has 0 atom stereocenters. The normalized spacial score (nSPS) is 17.3. The van der Waals surface area contributed by atoms with Crippen molar-refractivity contribution in [3.05, 3.63) is 58.6 Å². The minimum Gasteiger partial charge on any atom is -0.464 e. The number of alkyl halides is 3. The van der Waals surface area contributed by atoms with Crippen LogP contribution in [-0.4, -0.2) is 13.1 Å². The van der Waals surface area contributed by atoms with E-state index in [9.17, 15) is 13.2 Å². The van der Waals surface area contributed by atoms with Gasteiger partial charge in [-0.15, -0.1) is 0 Å². The second-order valence-corrected chi connectivity index (χ2v) is 5.68. The Morgan fingerprint density at radius 1 is 1.26 bits per heavy atom. The molecule has 1 aromatic carbocycles. The quantitative estimate of drug-likeness (QED) is 0.892. The second-order valence-electron chi connectivity index (χ2n) is 5.68. The van der Waals surface area contributed by atoms with Gasteiger partial charge in [-0.25, -0.2) is 5.43 Å². The summed E-state index contributed by atoms with van der Waals surface area (Å²) in [6, 6.07) is 5.30. The molecule has 3 rings (SSSR count). The number of hydrogen-bond donors (Lipinski definition) is 1. The molecule has 1 aliphatic rings. The summed E-state index contributed by atoms with van der Waals surface area (Å²) >= 11 is 0. The van der Waals surface area contributed by atoms with Gasteiger partial charge in [0.05, 0.1) is 24.1 Å². The molecule has 0 spiro atoms. The minimum absolute atomic E-state index is 0.496. The number of nitrogens with one attached hydrogen (secondary N) is 1. The smallest absolute Gasteiger partial charge is 0.416 e. The molecule has 6 heteroatoms. The molecule has 1 N–H and O–H groups in total. The molecule has 122 valence electrons. The highest BCUT2D eigenvalue weighted by molar-refractivity contribution is 5.58. The molecular weight excluding hydrogens is 305 g/mol. The van der Waals surface area contributed by atoms with Crippen molar-refractivity contribution in [2.75, 3.05) is 18.1 Å². The van der Waals surface area contributed by atoms with Crippen LogP contribution in [-0.2, 0) is 6.18 Å². The van der Waals surface area contributed by atoms with E-state index in [0.717, 1.165) is 34.6 Å². The molecule has 2 aromatic rings. The Morgan fingerprint density at radius 3 is 2.70 bits per heavy atom. The van der Waals surface area contributed by atoms with Crippen molar-refractivity contribution in [2.45, 2.75) is 20.0 Å². The van der Waals surface area contributed by atoms with Crippen molar-refractivity contribution >= 4 is 11.8 Å². The highest BCUT2D eigenvalue weighted by atomic mass is 19.4. The Labute approximate surface area is 132 Å². The first-order valence-corrected chi connectivity index (χ1v) is 7.27. The summed E-state index contributed by atoms with van der Waals surface area (Å²) < 4.78 is 43.9. The van der Waals surface area contributed by atoms with Crippen LogP contribution in [0.5, 0.6) is 0 Å². The summed E-state index contributed by atoms with van der Waals surface area (Å²) in [4.78, 5) is 0. The van der Waals surface area contributed by atoms with Gasteiger partial charge in [-0.05, 0) is 54.8 Å². The van der Waals surface area contributed by atoms with Crippen molar-refractivity contribution in [3.63, 3.8) is 0 Å². The van der Waals surface area contributed by atoms with Crippen LogP contribution in [0, 0.1) is 13.8 Å². The number of aryl methyl sites for hydroxylation is 1. The highest BCUT2D eigenvalue weighted by Crippen LogP contribution is 2.32. The van der Waals surface area contributed by atoms with E-state index in [1.807, 2.05) is 19.9 Å². The molecule has 1 aliphatic heterocycles. The van der Waals surface area contributed by atoms with Gasteiger partial charge >= 0.3 is 6.18 Å². The van der Waals surface area contributed by atoms with Gasteiger partial charge in [0.15, 0.2) is 0 Å². The number of anilines is 1. The Morgan fingerprint density at radius 2 is 2.04 bits per heavy atom. The molecule has 3 nitrogen and oxygen atoms in total. The van der Waals surface area contributed by atoms with Crippen LogP contribution in [0.15, 0.2) is 40.5 Å². The number of nitrogens with zero attached hydrogens (tertiary/aromatic N) is 1. The summed E-state index contributed by atoms with van der Waals surface area (Å²) in [7, 11) is 0. The Balaban J connectivity index is 1.79. The highest BCUT2D eigenvalue weighted by Gasteiger charge is 2.31. The van der Waals surface area contributed by atoms with Gasteiger partial charge in [0, 0.05) is 6.54 Å². The molecule has 2 heterocycles. The zero-order valence-electron chi connectivity index (χ0n) is 12.9. The molecule has 0 unspecified atom stereocenters. The van der Waals surface area contributed by atoms with Crippen LogP contribution in [0.2, 0.25) is 0 Å². The number of furan rings is 1. The number of halogens is 3. The molecule has 0 aliphatic carbocycles. The molecule has 0 saturated carbocycles. The lowest BCUT2D eigenvalue weighted by Gasteiger charge is -2.18. The summed E-state index contributed by atoms with van der Waals surface area (Å²) in [6.07, 6.45) is -0.686. The van der Waals surface area contributed by atoms with Crippen molar-refractivity contribution in [2.24, 2.45) is 0 Å². The van der Waals surface area contributed by atoms with E-state index in [1.165, 1.54) is 6.07 Å². The zero-order valence-corrected chi connectivity index (χ0v) is 12.9. The van der Waals surface area contributed by atoms with E-state index >= 15 is 0 Å². The largest absolute Gasteiger partial charge is 0.464 e. The molecule has 0 amide bonds. The molecule has 1 saturated heterocycles. The predicted molar refractivity (Wildman–Crippen MR) is 83.0 cm³/mol. The van der Waals surface area contributed by atoms with Gasteiger partial charge in [0.1, 0.15) is 5.76 Å². The van der Waals surface area contributed by atoms with Crippen molar-refractivity contribution in [1.29, 1.82) is 0 Å². The second kappa shape index (κ2) is 5.77.